The Kier molecular flexibility index (Phi) is 5.43. The second-order valence-corrected chi connectivity index (χ2v) is 7.95. The van der Waals surface area contributed by atoms with Gasteiger partial charge < -0.3 is 5.32 Å². The number of para-hydroxylation sites is 1. The van der Waals surface area contributed by atoms with Crippen molar-refractivity contribution < 1.29 is 13.2 Å². The molecule has 0 fully saturated rings. The number of sulfonamides is 1. The third kappa shape index (κ3) is 4.03. The lowest BCUT2D eigenvalue weighted by Crippen LogP contribution is -2.26. The summed E-state index contributed by atoms with van der Waals surface area (Å²) in [6, 6.07) is 23.0. The quantitative estimate of drug-likeness (QED) is 0.719. The van der Waals surface area contributed by atoms with E-state index in [4.69, 9.17) is 5.26 Å². The fourth-order valence-corrected chi connectivity index (χ4v) is 3.78. The summed E-state index contributed by atoms with van der Waals surface area (Å²) in [6.45, 7) is 0. The van der Waals surface area contributed by atoms with Crippen LogP contribution in [-0.4, -0.2) is 21.4 Å². The molecule has 0 aliphatic carbocycles. The lowest BCUT2D eigenvalue weighted by Gasteiger charge is -2.19. The summed E-state index contributed by atoms with van der Waals surface area (Å²) in [5.41, 5.74) is 1.78. The number of nitrogens with zero attached hydrogens (tertiary/aromatic N) is 2. The Balaban J connectivity index is 1.79. The monoisotopic (exact) mass is 391 g/mol. The van der Waals surface area contributed by atoms with Gasteiger partial charge in [-0.3, -0.25) is 9.10 Å². The van der Waals surface area contributed by atoms with Crippen molar-refractivity contribution in [3.05, 3.63) is 90.0 Å². The molecule has 1 N–H and O–H groups in total. The smallest absolute Gasteiger partial charge is 0.264 e. The molecule has 3 aromatic carbocycles. The molecule has 0 saturated carbocycles. The van der Waals surface area contributed by atoms with Gasteiger partial charge in [-0.15, -0.1) is 0 Å². The van der Waals surface area contributed by atoms with Crippen molar-refractivity contribution >= 4 is 27.3 Å². The molecule has 0 heterocycles. The molecule has 0 radical (unpaired) electrons. The highest BCUT2D eigenvalue weighted by Crippen LogP contribution is 2.22. The SMILES string of the molecule is CN(c1ccccc1)S(=O)(=O)c1ccc(C(=O)Nc2cccc(C#N)c2)cc1. The third-order valence-corrected chi connectivity index (χ3v) is 5.94. The van der Waals surface area contributed by atoms with Crippen molar-refractivity contribution in [2.75, 3.05) is 16.7 Å². The second kappa shape index (κ2) is 7.94. The Morgan fingerprint density at radius 1 is 0.964 bits per heavy atom. The molecule has 0 aromatic heterocycles. The molecule has 0 spiro atoms. The van der Waals surface area contributed by atoms with E-state index in [-0.39, 0.29) is 4.90 Å². The minimum atomic E-state index is -3.74. The van der Waals surface area contributed by atoms with Gasteiger partial charge in [0.25, 0.3) is 15.9 Å². The number of nitrogens with one attached hydrogen (secondary N) is 1. The highest BCUT2D eigenvalue weighted by Gasteiger charge is 2.21. The first kappa shape index (κ1) is 19.1. The highest BCUT2D eigenvalue weighted by molar-refractivity contribution is 7.92. The van der Waals surface area contributed by atoms with Gasteiger partial charge in [-0.2, -0.15) is 5.26 Å². The average Bonchev–Trinajstić information content (AvgIpc) is 2.74. The van der Waals surface area contributed by atoms with Crippen LogP contribution in [0.2, 0.25) is 0 Å². The lowest BCUT2D eigenvalue weighted by molar-refractivity contribution is 0.102. The van der Waals surface area contributed by atoms with Crippen LogP contribution in [0.15, 0.2) is 83.8 Å². The van der Waals surface area contributed by atoms with E-state index in [2.05, 4.69) is 5.32 Å². The van der Waals surface area contributed by atoms with Gasteiger partial charge in [-0.25, -0.2) is 8.42 Å². The standard InChI is InChI=1S/C21H17N3O3S/c1-24(19-8-3-2-4-9-19)28(26,27)20-12-10-17(11-13-20)21(25)23-18-7-5-6-16(14-18)15-22/h2-14H,1H3,(H,23,25). The predicted octanol–water partition coefficient (Wildman–Crippen LogP) is 3.64. The molecule has 0 saturated heterocycles. The van der Waals surface area contributed by atoms with Crippen LogP contribution >= 0.6 is 0 Å². The largest absolute Gasteiger partial charge is 0.322 e. The summed E-state index contributed by atoms with van der Waals surface area (Å²) in [5.74, 6) is -0.393. The molecular formula is C21H17N3O3S. The number of carbonyl (C=O) groups is 1. The topological polar surface area (TPSA) is 90.3 Å². The molecule has 0 bridgehead atoms. The molecule has 140 valence electrons. The van der Waals surface area contributed by atoms with Gasteiger partial charge in [0.2, 0.25) is 0 Å². The number of carbonyl (C=O) groups excluding carboxylic acids is 1. The summed E-state index contributed by atoms with van der Waals surface area (Å²) < 4.78 is 26.7. The third-order valence-electron chi connectivity index (χ3n) is 4.14. The van der Waals surface area contributed by atoms with Gasteiger partial charge in [0.05, 0.1) is 22.2 Å². The van der Waals surface area contributed by atoms with Crippen LogP contribution in [0.1, 0.15) is 15.9 Å². The van der Waals surface area contributed by atoms with Gasteiger partial charge in [0.15, 0.2) is 0 Å². The fourth-order valence-electron chi connectivity index (χ4n) is 2.58. The predicted molar refractivity (Wildman–Crippen MR) is 108 cm³/mol. The zero-order valence-electron chi connectivity index (χ0n) is 15.0. The molecule has 0 unspecified atom stereocenters. The molecular weight excluding hydrogens is 374 g/mol. The van der Waals surface area contributed by atoms with Crippen LogP contribution in [-0.2, 0) is 10.0 Å². The highest BCUT2D eigenvalue weighted by atomic mass is 32.2. The van der Waals surface area contributed by atoms with Crippen LogP contribution in [0.25, 0.3) is 0 Å². The molecule has 0 atom stereocenters. The number of amides is 1. The number of benzene rings is 3. The first-order chi connectivity index (χ1) is 13.4. The minimum Gasteiger partial charge on any atom is -0.322 e. The van der Waals surface area contributed by atoms with Crippen LogP contribution in [0.5, 0.6) is 0 Å². The Bertz CT molecular complexity index is 1140. The average molecular weight is 391 g/mol. The van der Waals surface area contributed by atoms with E-state index in [0.29, 0.717) is 22.5 Å². The molecule has 28 heavy (non-hydrogen) atoms. The molecule has 0 aliphatic rings. The summed E-state index contributed by atoms with van der Waals surface area (Å²) in [4.78, 5) is 12.5. The first-order valence-corrected chi connectivity index (χ1v) is 9.81. The normalized spacial score (nSPS) is 10.7. The van der Waals surface area contributed by atoms with Crippen molar-refractivity contribution in [2.24, 2.45) is 0 Å². The van der Waals surface area contributed by atoms with Gasteiger partial charge >= 0.3 is 0 Å². The summed E-state index contributed by atoms with van der Waals surface area (Å²) in [5, 5.41) is 11.6. The maximum absolute atomic E-state index is 12.8. The van der Waals surface area contributed by atoms with E-state index in [9.17, 15) is 13.2 Å². The summed E-state index contributed by atoms with van der Waals surface area (Å²) in [6.07, 6.45) is 0. The van der Waals surface area contributed by atoms with Gasteiger partial charge in [0.1, 0.15) is 0 Å². The molecule has 7 heteroatoms. The van der Waals surface area contributed by atoms with Crippen molar-refractivity contribution in [1.29, 1.82) is 5.26 Å². The Hall–Kier alpha value is -3.63. The van der Waals surface area contributed by atoms with Gasteiger partial charge in [-0.05, 0) is 54.6 Å². The van der Waals surface area contributed by atoms with Gasteiger partial charge in [-0.1, -0.05) is 24.3 Å². The fraction of sp³-hybridized carbons (Fsp3) is 0.0476. The lowest BCUT2D eigenvalue weighted by atomic mass is 10.2. The van der Waals surface area contributed by atoms with Crippen LogP contribution in [0.3, 0.4) is 0 Å². The van der Waals surface area contributed by atoms with Crippen molar-refractivity contribution in [2.45, 2.75) is 4.90 Å². The number of nitriles is 1. The number of rotatable bonds is 5. The Labute approximate surface area is 163 Å². The van der Waals surface area contributed by atoms with E-state index in [1.165, 1.54) is 35.6 Å². The maximum Gasteiger partial charge on any atom is 0.264 e. The zero-order valence-corrected chi connectivity index (χ0v) is 15.8. The number of hydrogen-bond acceptors (Lipinski definition) is 4. The Morgan fingerprint density at radius 2 is 1.64 bits per heavy atom. The van der Waals surface area contributed by atoms with Crippen molar-refractivity contribution in [3.63, 3.8) is 0 Å². The summed E-state index contributed by atoms with van der Waals surface area (Å²) in [7, 11) is -2.26. The molecule has 3 aromatic rings. The van der Waals surface area contributed by atoms with Crippen LogP contribution < -0.4 is 9.62 Å². The van der Waals surface area contributed by atoms with E-state index in [1.54, 1.807) is 48.5 Å². The van der Waals surface area contributed by atoms with E-state index in [0.717, 1.165) is 0 Å². The minimum absolute atomic E-state index is 0.0851. The van der Waals surface area contributed by atoms with Crippen molar-refractivity contribution in [1.82, 2.24) is 0 Å². The second-order valence-electron chi connectivity index (χ2n) is 5.98. The number of hydrogen-bond donors (Lipinski definition) is 1. The number of anilines is 2. The van der Waals surface area contributed by atoms with E-state index in [1.807, 2.05) is 12.1 Å². The molecule has 1 amide bonds. The van der Waals surface area contributed by atoms with Crippen molar-refractivity contribution in [3.8, 4) is 6.07 Å². The van der Waals surface area contributed by atoms with Crippen LogP contribution in [0, 0.1) is 11.3 Å². The first-order valence-electron chi connectivity index (χ1n) is 8.37. The maximum atomic E-state index is 12.8. The van der Waals surface area contributed by atoms with E-state index < -0.39 is 15.9 Å². The molecule has 6 nitrogen and oxygen atoms in total. The van der Waals surface area contributed by atoms with Gasteiger partial charge in [0, 0.05) is 18.3 Å². The molecule has 0 aliphatic heterocycles. The Morgan fingerprint density at radius 3 is 2.29 bits per heavy atom. The summed E-state index contributed by atoms with van der Waals surface area (Å²) >= 11 is 0. The molecule has 3 rings (SSSR count). The van der Waals surface area contributed by atoms with E-state index >= 15 is 0 Å². The zero-order chi connectivity index (χ0) is 20.1. The van der Waals surface area contributed by atoms with Crippen LogP contribution in [0.4, 0.5) is 11.4 Å².